The van der Waals surface area contributed by atoms with Crippen LogP contribution in [0.15, 0.2) is 105 Å². The van der Waals surface area contributed by atoms with Gasteiger partial charge in [-0.25, -0.2) is 4.58 Å². The van der Waals surface area contributed by atoms with Gasteiger partial charge in [0.15, 0.2) is 13.1 Å². The molecule has 2 aromatic heterocycles. The SMILES string of the molecule is CCC(/C=C1\Sc2ccc3ccccc3c2N1CCCS(=O)(=O)O)=C\c1sc2ccc3sccc3c2[n+]1CCCS(=O)(=O)O.CCN1CCS/C1=C/C=C/C1=[N+](CC)CCS1. The second-order valence-electron chi connectivity index (χ2n) is 14.6. The van der Waals surface area contributed by atoms with Gasteiger partial charge in [0.1, 0.15) is 11.2 Å². The third-order valence-electron chi connectivity index (χ3n) is 10.6. The molecule has 0 unspecified atom stereocenters. The number of anilines is 1. The standard InChI is InChI=1S/C31H30N2O6S5.C13H21N2S2/c1-2-21(20-29-33(15-6-18-44(37,38)39)31-24-13-16-40-25(24)11-12-27(31)42-29)19-28-32(14-5-17-43(34,35)36)30-23-8-4-3-7-22(23)9-10-26(30)41-28;1-3-14-8-10-16-12(14)6-5-7-13-15(4-2)9-11-17-13/h3-4,7-13,16,19-20H,2,5-6,14-15,17-18H2,1H3,(H-,34,35,36,37,38,39);5-7H,3-4,8-11H2,1-2H3/q;+1/p+1. The highest BCUT2D eigenvalue weighted by atomic mass is 32.2. The Hall–Kier alpha value is -3.13. The molecular weight excluding hydrogens is 905 g/mol. The van der Waals surface area contributed by atoms with Crippen LogP contribution in [0.4, 0.5) is 5.69 Å². The molecule has 0 radical (unpaired) electrons. The average Bonchev–Trinajstić information content (AvgIpc) is 4.08. The third-order valence-corrected chi connectivity index (χ3v) is 17.5. The predicted molar refractivity (Wildman–Crippen MR) is 263 cm³/mol. The van der Waals surface area contributed by atoms with Gasteiger partial charge in [-0.1, -0.05) is 78.2 Å². The van der Waals surface area contributed by atoms with Crippen molar-refractivity contribution in [1.82, 2.24) is 4.90 Å². The summed E-state index contributed by atoms with van der Waals surface area (Å²) in [7, 11) is -8.16. The van der Waals surface area contributed by atoms with Gasteiger partial charge in [0.2, 0.25) is 10.6 Å². The molecule has 0 amide bonds. The molecule has 0 spiro atoms. The molecular formula is C44H52N4O6S7+2. The number of hydrogen-bond acceptors (Lipinski definition) is 11. The molecule has 0 aliphatic carbocycles. The molecule has 3 aliphatic rings. The number of rotatable bonds is 15. The molecule has 61 heavy (non-hydrogen) atoms. The van der Waals surface area contributed by atoms with E-state index in [4.69, 9.17) is 0 Å². The Labute approximate surface area is 380 Å². The summed E-state index contributed by atoms with van der Waals surface area (Å²) in [5, 5.41) is 10.1. The Kier molecular flexibility index (Phi) is 15.5. The fraction of sp³-hybridized carbons (Fsp3) is 0.364. The van der Waals surface area contributed by atoms with E-state index in [0.717, 1.165) is 76.8 Å². The maximum atomic E-state index is 11.5. The summed E-state index contributed by atoms with van der Waals surface area (Å²) in [4.78, 5) is 5.68. The average molecular weight is 957 g/mol. The lowest BCUT2D eigenvalue weighted by Gasteiger charge is -2.22. The molecule has 5 heterocycles. The highest BCUT2D eigenvalue weighted by molar-refractivity contribution is 8.14. The van der Waals surface area contributed by atoms with Crippen molar-refractivity contribution in [2.24, 2.45) is 0 Å². The summed E-state index contributed by atoms with van der Waals surface area (Å²) in [6, 6.07) is 18.6. The summed E-state index contributed by atoms with van der Waals surface area (Å²) in [6.07, 6.45) is 12.3. The van der Waals surface area contributed by atoms with Crippen molar-refractivity contribution in [3.05, 3.63) is 105 Å². The van der Waals surface area contributed by atoms with Crippen LogP contribution < -0.4 is 9.47 Å². The summed E-state index contributed by atoms with van der Waals surface area (Å²) in [6.45, 7) is 12.0. The second kappa shape index (κ2) is 20.6. The van der Waals surface area contributed by atoms with Gasteiger partial charge in [-0.15, -0.1) is 23.1 Å². The highest BCUT2D eigenvalue weighted by Gasteiger charge is 2.29. The Morgan fingerprint density at radius 1 is 0.869 bits per heavy atom. The first-order valence-electron chi connectivity index (χ1n) is 20.5. The number of benzene rings is 3. The number of aromatic nitrogens is 1. The number of thiophene rings is 1. The molecule has 2 N–H and O–H groups in total. The van der Waals surface area contributed by atoms with Gasteiger partial charge in [-0.05, 0) is 79.4 Å². The van der Waals surface area contributed by atoms with E-state index in [2.05, 4.69) is 118 Å². The number of hydrogen-bond donors (Lipinski definition) is 2. The predicted octanol–water partition coefficient (Wildman–Crippen LogP) is 9.99. The lowest BCUT2D eigenvalue weighted by Crippen LogP contribution is -2.36. The maximum absolute atomic E-state index is 11.5. The van der Waals surface area contributed by atoms with E-state index >= 15 is 0 Å². The minimum atomic E-state index is -4.09. The lowest BCUT2D eigenvalue weighted by molar-refractivity contribution is -0.667. The fourth-order valence-electron chi connectivity index (χ4n) is 7.62. The van der Waals surface area contributed by atoms with Crippen LogP contribution in [-0.2, 0) is 26.8 Å². The zero-order chi connectivity index (χ0) is 43.1. The van der Waals surface area contributed by atoms with Crippen LogP contribution in [0.2, 0.25) is 0 Å². The quantitative estimate of drug-likeness (QED) is 0.0771. The van der Waals surface area contributed by atoms with E-state index in [-0.39, 0.29) is 24.3 Å². The van der Waals surface area contributed by atoms with Crippen LogP contribution in [0.5, 0.6) is 0 Å². The fourth-order valence-corrected chi connectivity index (χ4v) is 14.0. The van der Waals surface area contributed by atoms with Gasteiger partial charge >= 0.3 is 0 Å². The molecule has 3 aromatic carbocycles. The van der Waals surface area contributed by atoms with Crippen molar-refractivity contribution < 1.29 is 35.1 Å². The monoisotopic (exact) mass is 956 g/mol. The molecule has 5 aromatic rings. The molecule has 324 valence electrons. The van der Waals surface area contributed by atoms with E-state index in [1.165, 1.54) is 34.7 Å². The van der Waals surface area contributed by atoms with Gasteiger partial charge in [0, 0.05) is 58.9 Å². The molecule has 3 aliphatic heterocycles. The summed E-state index contributed by atoms with van der Waals surface area (Å²) in [5.41, 5.74) is 3.15. The minimum absolute atomic E-state index is 0.269. The summed E-state index contributed by atoms with van der Waals surface area (Å²) in [5.74, 6) is 1.84. The maximum Gasteiger partial charge on any atom is 0.265 e. The van der Waals surface area contributed by atoms with Crippen molar-refractivity contribution in [1.29, 1.82) is 0 Å². The van der Waals surface area contributed by atoms with Crippen LogP contribution in [-0.4, -0.2) is 96.2 Å². The van der Waals surface area contributed by atoms with Crippen LogP contribution in [0.1, 0.15) is 45.0 Å². The molecule has 0 saturated carbocycles. The van der Waals surface area contributed by atoms with E-state index in [1.807, 2.05) is 35.7 Å². The first-order chi connectivity index (χ1) is 29.4. The van der Waals surface area contributed by atoms with Gasteiger partial charge in [0.25, 0.3) is 25.2 Å². The number of thioether (sulfide) groups is 3. The zero-order valence-corrected chi connectivity index (χ0v) is 40.2. The highest BCUT2D eigenvalue weighted by Crippen LogP contribution is 2.50. The van der Waals surface area contributed by atoms with E-state index in [0.29, 0.717) is 13.1 Å². The second-order valence-corrected chi connectivity index (χ2v) is 23.1. The first kappa shape index (κ1) is 45.9. The topological polar surface area (TPSA) is 122 Å². The molecule has 1 saturated heterocycles. The lowest BCUT2D eigenvalue weighted by atomic mass is 10.1. The first-order valence-corrected chi connectivity index (χ1v) is 28.2. The van der Waals surface area contributed by atoms with Crippen molar-refractivity contribution in [2.75, 3.05) is 60.6 Å². The smallest absolute Gasteiger partial charge is 0.265 e. The summed E-state index contributed by atoms with van der Waals surface area (Å²) < 4.78 is 71.7. The summed E-state index contributed by atoms with van der Waals surface area (Å²) >= 11 is 8.88. The third kappa shape index (κ3) is 11.5. The van der Waals surface area contributed by atoms with Gasteiger partial charge in [0.05, 0.1) is 38.4 Å². The molecule has 0 bridgehead atoms. The van der Waals surface area contributed by atoms with Crippen LogP contribution in [0.25, 0.3) is 37.2 Å². The molecule has 17 heteroatoms. The van der Waals surface area contributed by atoms with E-state index in [9.17, 15) is 25.9 Å². The minimum Gasteiger partial charge on any atom is -0.366 e. The largest absolute Gasteiger partial charge is 0.366 e. The Balaban J connectivity index is 0.000000276. The van der Waals surface area contributed by atoms with E-state index < -0.39 is 20.2 Å². The van der Waals surface area contributed by atoms with Crippen LogP contribution >= 0.6 is 58.0 Å². The molecule has 0 atom stereocenters. The number of nitrogens with zero attached hydrogens (tertiary/aromatic N) is 4. The number of aryl methyl sites for hydroxylation is 1. The Morgan fingerprint density at radius 2 is 1.66 bits per heavy atom. The van der Waals surface area contributed by atoms with E-state index in [1.54, 1.807) is 34.4 Å². The molecule has 1 fully saturated rings. The van der Waals surface area contributed by atoms with Gasteiger partial charge < -0.3 is 9.80 Å². The zero-order valence-electron chi connectivity index (χ0n) is 34.5. The molecule has 10 nitrogen and oxygen atoms in total. The Morgan fingerprint density at radius 3 is 2.43 bits per heavy atom. The van der Waals surface area contributed by atoms with Crippen LogP contribution in [0, 0.1) is 0 Å². The van der Waals surface area contributed by atoms with Crippen molar-refractivity contribution in [2.45, 2.75) is 51.5 Å². The van der Waals surface area contributed by atoms with Crippen molar-refractivity contribution in [3.63, 3.8) is 0 Å². The normalized spacial score (nSPS) is 17.6. The van der Waals surface area contributed by atoms with Crippen molar-refractivity contribution in [3.8, 4) is 0 Å². The van der Waals surface area contributed by atoms with Gasteiger partial charge in [-0.3, -0.25) is 9.11 Å². The number of thiazole rings is 1. The Bertz CT molecular complexity index is 2790. The van der Waals surface area contributed by atoms with Crippen molar-refractivity contribution >= 4 is 126 Å². The molecule has 8 rings (SSSR count). The number of allylic oxidation sites excluding steroid dienone is 4. The number of fused-ring (bicyclic) bond motifs is 6. The van der Waals surface area contributed by atoms with Gasteiger partial charge in [-0.2, -0.15) is 21.4 Å². The van der Waals surface area contributed by atoms with Crippen LogP contribution in [0.3, 0.4) is 0 Å².